The van der Waals surface area contributed by atoms with Crippen LogP contribution in [0.4, 0.5) is 0 Å². The molecule has 0 aromatic rings. The van der Waals surface area contributed by atoms with Gasteiger partial charge in [-0.2, -0.15) is 0 Å². The zero-order valence-electron chi connectivity index (χ0n) is 19.3. The Morgan fingerprint density at radius 1 is 0.607 bits per heavy atom. The molecule has 0 atom stereocenters. The Bertz CT molecular complexity index is 139. The molecule has 0 radical (unpaired) electrons. The average Bonchev–Trinajstić information content (AvgIpc) is 2.37. The molecule has 0 bridgehead atoms. The molecule has 0 spiro atoms. The standard InChI is InChI=1S/C4H11NO2.4C3H7O.C2H6O.H2O.Ti/c6-3-1-5-2-4-7;4*1-3(2)4;1-2-3;;/h5-7H,1-4H2;4*3H,1-2H3;3H,2H2,1H3;1H2;/q;4*-1;;;+4. The summed E-state index contributed by atoms with van der Waals surface area (Å²) in [7, 11) is 0. The fourth-order valence-electron chi connectivity index (χ4n) is 0.283. The summed E-state index contributed by atoms with van der Waals surface area (Å²) in [5.74, 6) is 0. The second kappa shape index (κ2) is 56.4. The van der Waals surface area contributed by atoms with E-state index in [4.69, 9.17) is 15.3 Å². The number of aliphatic hydroxyl groups is 3. The van der Waals surface area contributed by atoms with Gasteiger partial charge in [0.05, 0.1) is 13.2 Å². The molecule has 0 heterocycles. The maximum absolute atomic E-state index is 9.53. The van der Waals surface area contributed by atoms with E-state index in [9.17, 15) is 20.4 Å². The van der Waals surface area contributed by atoms with Crippen molar-refractivity contribution >= 4 is 0 Å². The van der Waals surface area contributed by atoms with Gasteiger partial charge in [0, 0.05) is 19.7 Å². The first-order valence-corrected chi connectivity index (χ1v) is 8.92. The van der Waals surface area contributed by atoms with Crippen LogP contribution in [0.25, 0.3) is 0 Å². The third kappa shape index (κ3) is 894. The molecule has 0 aromatic carbocycles. The van der Waals surface area contributed by atoms with Crippen LogP contribution in [0.3, 0.4) is 0 Å². The minimum Gasteiger partial charge on any atom is -0.852 e. The van der Waals surface area contributed by atoms with Gasteiger partial charge in [0.25, 0.3) is 0 Å². The van der Waals surface area contributed by atoms with Crippen LogP contribution in [0.2, 0.25) is 0 Å². The Balaban J connectivity index is -0.0000000289. The summed E-state index contributed by atoms with van der Waals surface area (Å²) in [6.07, 6.45) is -1.67. The first-order chi connectivity index (χ1) is 11.8. The molecule has 0 rings (SSSR count). The van der Waals surface area contributed by atoms with Gasteiger partial charge in [0.1, 0.15) is 0 Å². The van der Waals surface area contributed by atoms with Gasteiger partial charge in [-0.1, -0.05) is 55.4 Å². The second-order valence-electron chi connectivity index (χ2n) is 5.71. The fraction of sp³-hybridized carbons (Fsp3) is 1.00. The van der Waals surface area contributed by atoms with E-state index in [0.29, 0.717) is 13.1 Å². The topological polar surface area (TPSA) is 196 Å². The summed E-state index contributed by atoms with van der Waals surface area (Å²) in [4.78, 5) is 0. The molecule has 28 heavy (non-hydrogen) atoms. The van der Waals surface area contributed by atoms with Crippen LogP contribution in [0.5, 0.6) is 0 Å². The summed E-state index contributed by atoms with van der Waals surface area (Å²) in [5.41, 5.74) is 0. The van der Waals surface area contributed by atoms with Gasteiger partial charge in [-0.15, -0.1) is 24.4 Å². The van der Waals surface area contributed by atoms with Crippen molar-refractivity contribution in [1.82, 2.24) is 5.32 Å². The number of rotatable bonds is 4. The molecule has 0 aliphatic heterocycles. The number of hydrogen-bond donors (Lipinski definition) is 4. The Kier molecular flexibility index (Phi) is 103. The molecule has 9 nitrogen and oxygen atoms in total. The average molecular weight is 453 g/mol. The Labute approximate surface area is 188 Å². The van der Waals surface area contributed by atoms with Gasteiger partial charge in [-0.25, -0.2) is 0 Å². The molecule has 0 aromatic heterocycles. The monoisotopic (exact) mass is 453 g/mol. The molecule has 6 N–H and O–H groups in total. The van der Waals surface area contributed by atoms with Crippen molar-refractivity contribution in [3.05, 3.63) is 0 Å². The molecular weight excluding hydrogens is 406 g/mol. The van der Waals surface area contributed by atoms with Crippen LogP contribution in [-0.4, -0.2) is 78.1 Å². The largest absolute Gasteiger partial charge is 4.00 e. The van der Waals surface area contributed by atoms with Crippen LogP contribution < -0.4 is 25.7 Å². The minimum absolute atomic E-state index is 0. The molecule has 0 aliphatic rings. The fourth-order valence-corrected chi connectivity index (χ4v) is 0.283. The third-order valence-corrected chi connectivity index (χ3v) is 0.577. The Morgan fingerprint density at radius 2 is 0.714 bits per heavy atom. The molecule has 0 fully saturated rings. The molecule has 0 saturated heterocycles. The van der Waals surface area contributed by atoms with Gasteiger partial charge >= 0.3 is 21.7 Å². The Hall–Kier alpha value is 0.354. The van der Waals surface area contributed by atoms with Crippen molar-refractivity contribution in [2.75, 3.05) is 32.9 Å². The van der Waals surface area contributed by atoms with Crippen molar-refractivity contribution in [1.29, 1.82) is 0 Å². The normalized spacial score (nSPS) is 8.14. The molecule has 10 heteroatoms. The van der Waals surface area contributed by atoms with Crippen LogP contribution >= 0.6 is 0 Å². The van der Waals surface area contributed by atoms with Gasteiger partial charge in [-0.05, 0) is 6.92 Å². The SMILES string of the molecule is CC(C)[O-].CC(C)[O-].CC(C)[O-].CC(C)[O-].CCO.O.OCCNCCO.[Ti+4]. The summed E-state index contributed by atoms with van der Waals surface area (Å²) >= 11 is 0. The quantitative estimate of drug-likeness (QED) is 0.251. The third-order valence-electron chi connectivity index (χ3n) is 0.577. The van der Waals surface area contributed by atoms with E-state index in [1.54, 1.807) is 62.3 Å². The molecule has 0 unspecified atom stereocenters. The first kappa shape index (κ1) is 51.2. The Morgan fingerprint density at radius 3 is 0.786 bits per heavy atom. The molecular formula is C18H47NO8Ti. The van der Waals surface area contributed by atoms with Crippen LogP contribution in [0.1, 0.15) is 62.3 Å². The molecule has 0 aliphatic carbocycles. The van der Waals surface area contributed by atoms with Crippen molar-refractivity contribution in [3.63, 3.8) is 0 Å². The van der Waals surface area contributed by atoms with E-state index in [1.165, 1.54) is 0 Å². The minimum atomic E-state index is -0.417. The van der Waals surface area contributed by atoms with Gasteiger partial charge in [0.2, 0.25) is 0 Å². The van der Waals surface area contributed by atoms with Crippen molar-refractivity contribution in [2.24, 2.45) is 0 Å². The van der Waals surface area contributed by atoms with Gasteiger partial charge < -0.3 is 46.5 Å². The van der Waals surface area contributed by atoms with Crippen molar-refractivity contribution < 1.29 is 62.9 Å². The van der Waals surface area contributed by atoms with Crippen LogP contribution in [-0.2, 0) is 21.7 Å². The predicted molar refractivity (Wildman–Crippen MR) is 104 cm³/mol. The van der Waals surface area contributed by atoms with Gasteiger partial charge in [-0.3, -0.25) is 0 Å². The van der Waals surface area contributed by atoms with E-state index in [0.717, 1.165) is 0 Å². The smallest absolute Gasteiger partial charge is 0.852 e. The molecule has 176 valence electrons. The van der Waals surface area contributed by atoms with E-state index in [1.807, 2.05) is 0 Å². The summed E-state index contributed by atoms with van der Waals surface area (Å²) in [6, 6.07) is 0. The maximum atomic E-state index is 9.53. The van der Waals surface area contributed by atoms with Crippen LogP contribution in [0.15, 0.2) is 0 Å². The zero-order chi connectivity index (χ0) is 22.6. The number of nitrogens with one attached hydrogen (secondary N) is 1. The second-order valence-corrected chi connectivity index (χ2v) is 5.71. The van der Waals surface area contributed by atoms with E-state index in [2.05, 4.69) is 5.32 Å². The van der Waals surface area contributed by atoms with Crippen molar-refractivity contribution in [3.8, 4) is 0 Å². The van der Waals surface area contributed by atoms with Crippen LogP contribution in [0, 0.1) is 0 Å². The van der Waals surface area contributed by atoms with E-state index >= 15 is 0 Å². The number of aliphatic hydroxyl groups excluding tert-OH is 3. The van der Waals surface area contributed by atoms with Gasteiger partial charge in [0.15, 0.2) is 0 Å². The summed E-state index contributed by atoms with van der Waals surface area (Å²) in [5, 5.41) is 64.8. The van der Waals surface area contributed by atoms with E-state index < -0.39 is 24.4 Å². The number of hydrogen-bond acceptors (Lipinski definition) is 8. The first-order valence-electron chi connectivity index (χ1n) is 8.92. The summed E-state index contributed by atoms with van der Waals surface area (Å²) in [6.45, 7) is 16.2. The van der Waals surface area contributed by atoms with Crippen molar-refractivity contribution in [2.45, 2.75) is 86.7 Å². The maximum Gasteiger partial charge on any atom is 4.00 e. The summed E-state index contributed by atoms with van der Waals surface area (Å²) < 4.78 is 0. The van der Waals surface area contributed by atoms with E-state index in [-0.39, 0.29) is 47.0 Å². The molecule has 0 saturated carbocycles. The zero-order valence-corrected chi connectivity index (χ0v) is 20.9. The predicted octanol–water partition coefficient (Wildman–Crippen LogP) is -3.25. The molecule has 0 amide bonds.